The fourth-order valence-electron chi connectivity index (χ4n) is 4.18. The topological polar surface area (TPSA) is 48.0 Å². The summed E-state index contributed by atoms with van der Waals surface area (Å²) >= 11 is 0. The molecule has 136 valence electrons. The van der Waals surface area contributed by atoms with E-state index in [0.717, 1.165) is 43.1 Å². The Labute approximate surface area is 149 Å². The summed E-state index contributed by atoms with van der Waals surface area (Å²) in [6.07, 6.45) is 5.20. The van der Waals surface area contributed by atoms with E-state index in [-0.39, 0.29) is 11.4 Å². The number of hydrogen-bond donors (Lipinski definition) is 0. The molecule has 5 nitrogen and oxygen atoms in total. The molecule has 0 N–H and O–H groups in total. The summed E-state index contributed by atoms with van der Waals surface area (Å²) in [5.41, 5.74) is 1.28. The summed E-state index contributed by atoms with van der Waals surface area (Å²) in [6.45, 7) is 2.85. The molecule has 25 heavy (non-hydrogen) atoms. The van der Waals surface area contributed by atoms with Crippen molar-refractivity contribution in [2.75, 3.05) is 27.8 Å². The van der Waals surface area contributed by atoms with Gasteiger partial charge < -0.3 is 19.1 Å². The Hall–Kier alpha value is -2.01. The zero-order chi connectivity index (χ0) is 18.0. The molecular weight excluding hydrogens is 318 g/mol. The van der Waals surface area contributed by atoms with Crippen molar-refractivity contribution in [3.05, 3.63) is 35.6 Å². The molecule has 1 aliphatic heterocycles. The minimum absolute atomic E-state index is 0.0242. The number of nitrogens with zero attached hydrogens (tertiary/aromatic N) is 1. The number of carbonyl (C=O) groups excluding carboxylic acids is 1. The van der Waals surface area contributed by atoms with E-state index >= 15 is 0 Å². The molecule has 0 bridgehead atoms. The predicted octanol–water partition coefficient (Wildman–Crippen LogP) is 3.28. The van der Waals surface area contributed by atoms with E-state index in [2.05, 4.69) is 30.2 Å². The zero-order valence-corrected chi connectivity index (χ0v) is 15.5. The number of allylic oxidation sites excluding steroid dienone is 1. The maximum Gasteiger partial charge on any atom is 0.310 e. The number of methoxy groups -OCH3 is 2. The summed E-state index contributed by atoms with van der Waals surface area (Å²) in [5.74, 6) is 2.15. The first-order valence-corrected chi connectivity index (χ1v) is 8.86. The molecule has 0 spiro atoms. The third-order valence-corrected chi connectivity index (χ3v) is 5.66. The maximum absolute atomic E-state index is 11.7. The van der Waals surface area contributed by atoms with E-state index in [1.165, 1.54) is 5.56 Å². The van der Waals surface area contributed by atoms with E-state index in [0.29, 0.717) is 12.5 Å². The van der Waals surface area contributed by atoms with Gasteiger partial charge in [0.25, 0.3) is 0 Å². The molecule has 1 fully saturated rings. The lowest BCUT2D eigenvalue weighted by atomic mass is 9.68. The van der Waals surface area contributed by atoms with Crippen LogP contribution in [0.15, 0.2) is 30.0 Å². The average molecular weight is 345 g/mol. The highest BCUT2D eigenvalue weighted by Crippen LogP contribution is 2.49. The lowest BCUT2D eigenvalue weighted by Crippen LogP contribution is -2.43. The lowest BCUT2D eigenvalue weighted by Gasteiger charge is -2.40. The molecule has 0 amide bonds. The number of benzene rings is 1. The first kappa shape index (κ1) is 17.8. The van der Waals surface area contributed by atoms with E-state index in [9.17, 15) is 4.79 Å². The molecule has 2 unspecified atom stereocenters. The minimum atomic E-state index is -0.162. The Morgan fingerprint density at radius 1 is 1.28 bits per heavy atom. The molecule has 0 radical (unpaired) electrons. The highest BCUT2D eigenvalue weighted by molar-refractivity contribution is 5.70. The Morgan fingerprint density at radius 3 is 2.72 bits per heavy atom. The van der Waals surface area contributed by atoms with Crippen LogP contribution in [0.25, 0.3) is 0 Å². The molecule has 3 rings (SSSR count). The number of likely N-dealkylation sites (tertiary alicyclic amines) is 1. The number of carbonyl (C=O) groups is 1. The molecular formula is C20H27NO4. The average Bonchev–Trinajstić information content (AvgIpc) is 2.98. The van der Waals surface area contributed by atoms with Crippen molar-refractivity contribution in [3.8, 4) is 11.5 Å². The molecule has 1 aromatic rings. The van der Waals surface area contributed by atoms with E-state index in [1.54, 1.807) is 14.2 Å². The van der Waals surface area contributed by atoms with Crippen LogP contribution in [0.1, 0.15) is 38.2 Å². The first-order valence-electron chi connectivity index (χ1n) is 8.86. The van der Waals surface area contributed by atoms with Crippen LogP contribution in [0.3, 0.4) is 0 Å². The van der Waals surface area contributed by atoms with Crippen molar-refractivity contribution in [1.82, 2.24) is 4.90 Å². The molecule has 1 heterocycles. The summed E-state index contributed by atoms with van der Waals surface area (Å²) in [6, 6.07) is 6.54. The summed E-state index contributed by atoms with van der Waals surface area (Å²) in [7, 11) is 5.47. The summed E-state index contributed by atoms with van der Waals surface area (Å²) in [4.78, 5) is 14.0. The van der Waals surface area contributed by atoms with Gasteiger partial charge in [0, 0.05) is 24.3 Å². The van der Waals surface area contributed by atoms with Gasteiger partial charge in [-0.05, 0) is 50.2 Å². The second-order valence-electron chi connectivity index (χ2n) is 6.88. The van der Waals surface area contributed by atoms with Gasteiger partial charge in [0.1, 0.15) is 5.76 Å². The van der Waals surface area contributed by atoms with E-state index in [4.69, 9.17) is 14.2 Å². The van der Waals surface area contributed by atoms with Crippen LogP contribution >= 0.6 is 0 Å². The molecule has 0 aromatic heterocycles. The van der Waals surface area contributed by atoms with Crippen molar-refractivity contribution in [2.45, 2.75) is 44.1 Å². The molecule has 5 heteroatoms. The van der Waals surface area contributed by atoms with Crippen LogP contribution in [0.2, 0.25) is 0 Å². The van der Waals surface area contributed by atoms with Crippen molar-refractivity contribution in [2.24, 2.45) is 0 Å². The van der Waals surface area contributed by atoms with Crippen molar-refractivity contribution >= 4 is 5.97 Å². The van der Waals surface area contributed by atoms with Crippen LogP contribution in [0, 0.1) is 0 Å². The van der Waals surface area contributed by atoms with Crippen LogP contribution < -0.4 is 9.47 Å². The van der Waals surface area contributed by atoms with E-state index in [1.807, 2.05) is 13.0 Å². The first-order chi connectivity index (χ1) is 12.0. The maximum atomic E-state index is 11.7. The largest absolute Gasteiger partial charge is 0.493 e. The fourth-order valence-corrected chi connectivity index (χ4v) is 4.18. The number of ether oxygens (including phenoxy) is 3. The number of fused-ring (bicyclic) bond motifs is 1. The van der Waals surface area contributed by atoms with Gasteiger partial charge in [-0.15, -0.1) is 0 Å². The third-order valence-electron chi connectivity index (χ3n) is 5.66. The Morgan fingerprint density at radius 2 is 2.04 bits per heavy atom. The standard InChI is InChI=1S/C20H27NO4/c1-5-19(22)25-15-8-9-20(10-11-21(2)18(20)13-15)14-6-7-16(23-3)17(12-14)24-4/h6-8,12,18H,5,9-11,13H2,1-4H3. The third kappa shape index (κ3) is 3.13. The monoisotopic (exact) mass is 345 g/mol. The van der Waals surface area contributed by atoms with Crippen molar-refractivity contribution in [1.29, 1.82) is 0 Å². The molecule has 2 atom stereocenters. The summed E-state index contributed by atoms with van der Waals surface area (Å²) in [5, 5.41) is 0. The highest BCUT2D eigenvalue weighted by Gasteiger charge is 2.49. The second kappa shape index (κ2) is 7.08. The van der Waals surface area contributed by atoms with Gasteiger partial charge in [-0.1, -0.05) is 13.0 Å². The number of likely N-dealkylation sites (N-methyl/N-ethyl adjacent to an activating group) is 1. The van der Waals surface area contributed by atoms with Gasteiger partial charge in [0.2, 0.25) is 0 Å². The van der Waals surface area contributed by atoms with Crippen LogP contribution in [-0.2, 0) is 14.9 Å². The highest BCUT2D eigenvalue weighted by atomic mass is 16.5. The smallest absolute Gasteiger partial charge is 0.310 e. The molecule has 1 aromatic carbocycles. The number of esters is 1. The van der Waals surface area contributed by atoms with Crippen molar-refractivity contribution < 1.29 is 19.0 Å². The van der Waals surface area contributed by atoms with Gasteiger partial charge in [-0.25, -0.2) is 0 Å². The minimum Gasteiger partial charge on any atom is -0.493 e. The van der Waals surface area contributed by atoms with Crippen LogP contribution in [-0.4, -0.2) is 44.7 Å². The lowest BCUT2D eigenvalue weighted by molar-refractivity contribution is -0.139. The van der Waals surface area contributed by atoms with Crippen LogP contribution in [0.4, 0.5) is 0 Å². The second-order valence-corrected chi connectivity index (χ2v) is 6.88. The molecule has 1 aliphatic carbocycles. The van der Waals surface area contributed by atoms with Gasteiger partial charge in [0.15, 0.2) is 11.5 Å². The normalized spacial score (nSPS) is 25.9. The Kier molecular flexibility index (Phi) is 5.04. The molecule has 1 saturated heterocycles. The van der Waals surface area contributed by atoms with Gasteiger partial charge in [-0.2, -0.15) is 0 Å². The Balaban J connectivity index is 1.95. The Bertz CT molecular complexity index is 684. The summed E-state index contributed by atoms with van der Waals surface area (Å²) < 4.78 is 16.4. The predicted molar refractivity (Wildman–Crippen MR) is 96.0 cm³/mol. The molecule has 0 saturated carbocycles. The van der Waals surface area contributed by atoms with Crippen molar-refractivity contribution in [3.63, 3.8) is 0 Å². The molecule has 2 aliphatic rings. The number of hydrogen-bond acceptors (Lipinski definition) is 5. The van der Waals surface area contributed by atoms with E-state index < -0.39 is 0 Å². The van der Waals surface area contributed by atoms with Gasteiger partial charge >= 0.3 is 5.97 Å². The zero-order valence-electron chi connectivity index (χ0n) is 15.5. The van der Waals surface area contributed by atoms with Gasteiger partial charge in [-0.3, -0.25) is 4.79 Å². The quantitative estimate of drug-likeness (QED) is 0.767. The van der Waals surface area contributed by atoms with Gasteiger partial charge in [0.05, 0.1) is 14.2 Å². The SMILES string of the molecule is CCC(=O)OC1=CCC2(c3ccc(OC)c(OC)c3)CCN(C)C2C1. The fraction of sp³-hybridized carbons (Fsp3) is 0.550. The van der Waals surface area contributed by atoms with Crippen LogP contribution in [0.5, 0.6) is 11.5 Å². The number of rotatable bonds is 5.